The van der Waals surface area contributed by atoms with Gasteiger partial charge in [-0.25, -0.2) is 0 Å². The number of ether oxygens (including phenoxy) is 3. The normalized spacial score (nSPS) is 22.7. The summed E-state index contributed by atoms with van der Waals surface area (Å²) < 4.78 is 25.2. The standard InChI is InChI=1S/C29H46O6Si/c1-20(15-16-30)22(3)27(35-36(8,9)29(5,6)7)28-25(33-23(4)31)17-21(2)26(34-28)19-32-18-24-13-11-10-12-14-24/h10-14,20,25-28,30H,2-3,15-19H2,1,4-9H3/t20-,25+,26+,27-,28+/m1/s1. The number of hydrogen-bond acceptors (Lipinski definition) is 6. The third kappa shape index (κ3) is 8.38. The SMILES string of the molecule is C=C1C[C@H](OC(C)=O)[C@@H]([C@H](O[Si](C)(C)C(C)(C)C)C(=C)[C@H](C)CCO)O[C@H]1COCc1ccccc1. The van der Waals surface area contributed by atoms with E-state index >= 15 is 0 Å². The van der Waals surface area contributed by atoms with E-state index in [0.717, 1.165) is 16.7 Å². The second-order valence-electron chi connectivity index (χ2n) is 11.4. The molecule has 7 heteroatoms. The fourth-order valence-corrected chi connectivity index (χ4v) is 5.26. The summed E-state index contributed by atoms with van der Waals surface area (Å²) in [6.07, 6.45) is -0.945. The topological polar surface area (TPSA) is 74.2 Å². The van der Waals surface area contributed by atoms with Crippen molar-refractivity contribution in [1.29, 1.82) is 0 Å². The monoisotopic (exact) mass is 518 g/mol. The van der Waals surface area contributed by atoms with Crippen LogP contribution in [0.1, 0.15) is 53.0 Å². The fraction of sp³-hybridized carbons (Fsp3) is 0.621. The first kappa shape index (κ1) is 30.5. The quantitative estimate of drug-likeness (QED) is 0.214. The minimum Gasteiger partial charge on any atom is -0.459 e. The van der Waals surface area contributed by atoms with Crippen LogP contribution in [0.15, 0.2) is 54.6 Å². The van der Waals surface area contributed by atoms with E-state index in [4.69, 9.17) is 18.6 Å². The van der Waals surface area contributed by atoms with Crippen LogP contribution in [0.25, 0.3) is 0 Å². The van der Waals surface area contributed by atoms with Crippen LogP contribution in [0.5, 0.6) is 0 Å². The smallest absolute Gasteiger partial charge is 0.303 e. The Morgan fingerprint density at radius 1 is 1.25 bits per heavy atom. The molecule has 0 bridgehead atoms. The molecule has 1 saturated heterocycles. The fourth-order valence-electron chi connectivity index (χ4n) is 3.99. The van der Waals surface area contributed by atoms with E-state index < -0.39 is 26.6 Å². The number of rotatable bonds is 12. The molecule has 0 radical (unpaired) electrons. The van der Waals surface area contributed by atoms with Crippen molar-refractivity contribution < 1.29 is 28.5 Å². The Bertz CT molecular complexity index is 876. The Balaban J connectivity index is 2.33. The highest BCUT2D eigenvalue weighted by Gasteiger charge is 2.47. The van der Waals surface area contributed by atoms with E-state index in [9.17, 15) is 9.90 Å². The molecule has 0 unspecified atom stereocenters. The maximum atomic E-state index is 12.0. The largest absolute Gasteiger partial charge is 0.459 e. The van der Waals surface area contributed by atoms with E-state index in [0.29, 0.717) is 26.1 Å². The molecule has 0 aromatic heterocycles. The van der Waals surface area contributed by atoms with Crippen LogP contribution in [-0.4, -0.2) is 57.0 Å². The maximum Gasteiger partial charge on any atom is 0.303 e. The predicted molar refractivity (Wildman–Crippen MR) is 146 cm³/mol. The summed E-state index contributed by atoms with van der Waals surface area (Å²) in [5.74, 6) is -0.371. The van der Waals surface area contributed by atoms with E-state index in [1.54, 1.807) is 0 Å². The zero-order valence-corrected chi connectivity index (χ0v) is 24.2. The van der Waals surface area contributed by atoms with Gasteiger partial charge in [0.15, 0.2) is 8.32 Å². The van der Waals surface area contributed by atoms with Crippen LogP contribution in [-0.2, 0) is 30.0 Å². The highest BCUT2D eigenvalue weighted by molar-refractivity contribution is 6.74. The Morgan fingerprint density at radius 3 is 2.44 bits per heavy atom. The summed E-state index contributed by atoms with van der Waals surface area (Å²) in [4.78, 5) is 12.0. The average Bonchev–Trinajstić information content (AvgIpc) is 2.78. The van der Waals surface area contributed by atoms with Crippen molar-refractivity contribution in [3.8, 4) is 0 Å². The summed E-state index contributed by atoms with van der Waals surface area (Å²) >= 11 is 0. The van der Waals surface area contributed by atoms with Crippen molar-refractivity contribution in [2.45, 2.75) is 96.6 Å². The van der Waals surface area contributed by atoms with Gasteiger partial charge in [0, 0.05) is 20.0 Å². The van der Waals surface area contributed by atoms with Crippen LogP contribution in [0, 0.1) is 5.92 Å². The molecule has 6 nitrogen and oxygen atoms in total. The first-order valence-corrected chi connectivity index (χ1v) is 15.8. The number of aliphatic hydroxyl groups is 1. The molecule has 36 heavy (non-hydrogen) atoms. The van der Waals surface area contributed by atoms with E-state index in [1.807, 2.05) is 37.3 Å². The molecule has 0 spiro atoms. The number of esters is 1. The highest BCUT2D eigenvalue weighted by atomic mass is 28.4. The van der Waals surface area contributed by atoms with Crippen LogP contribution in [0.4, 0.5) is 0 Å². The molecule has 1 heterocycles. The van der Waals surface area contributed by atoms with Gasteiger partial charge in [-0.2, -0.15) is 0 Å². The summed E-state index contributed by atoms with van der Waals surface area (Å²) in [6.45, 7) is 23.8. The number of carbonyl (C=O) groups is 1. The molecule has 1 aliphatic heterocycles. The van der Waals surface area contributed by atoms with Gasteiger partial charge in [-0.3, -0.25) is 4.79 Å². The van der Waals surface area contributed by atoms with Crippen LogP contribution in [0.3, 0.4) is 0 Å². The molecule has 0 amide bonds. The first-order valence-electron chi connectivity index (χ1n) is 12.9. The molecule has 1 fully saturated rings. The third-order valence-electron chi connectivity index (χ3n) is 7.39. The molecule has 1 aromatic carbocycles. The summed E-state index contributed by atoms with van der Waals surface area (Å²) in [5.41, 5.74) is 2.75. The zero-order valence-electron chi connectivity index (χ0n) is 23.2. The lowest BCUT2D eigenvalue weighted by atomic mass is 9.86. The number of benzene rings is 1. The number of carbonyl (C=O) groups excluding carboxylic acids is 1. The van der Waals surface area contributed by atoms with Gasteiger partial charge < -0.3 is 23.7 Å². The zero-order chi connectivity index (χ0) is 27.1. The molecular weight excluding hydrogens is 472 g/mol. The van der Waals surface area contributed by atoms with Gasteiger partial charge in [-0.05, 0) is 47.2 Å². The van der Waals surface area contributed by atoms with Gasteiger partial charge in [0.1, 0.15) is 18.3 Å². The Kier molecular flexibility index (Phi) is 11.1. The van der Waals surface area contributed by atoms with Crippen molar-refractivity contribution in [2.75, 3.05) is 13.2 Å². The lowest BCUT2D eigenvalue weighted by Crippen LogP contribution is -2.55. The van der Waals surface area contributed by atoms with E-state index in [-0.39, 0.29) is 29.6 Å². The van der Waals surface area contributed by atoms with Gasteiger partial charge in [-0.1, -0.05) is 71.2 Å². The Hall–Kier alpha value is -1.77. The second-order valence-corrected chi connectivity index (χ2v) is 16.1. The molecule has 1 aliphatic rings. The number of hydrogen-bond donors (Lipinski definition) is 1. The molecule has 1 N–H and O–H groups in total. The van der Waals surface area contributed by atoms with Crippen molar-refractivity contribution >= 4 is 14.3 Å². The van der Waals surface area contributed by atoms with Gasteiger partial charge in [-0.15, -0.1) is 0 Å². The summed E-state index contributed by atoms with van der Waals surface area (Å²) in [5, 5.41) is 9.53. The number of aliphatic hydroxyl groups excluding tert-OH is 1. The Morgan fingerprint density at radius 2 is 1.89 bits per heavy atom. The molecule has 202 valence electrons. The molecule has 2 rings (SSSR count). The first-order chi connectivity index (χ1) is 16.8. The van der Waals surface area contributed by atoms with Crippen molar-refractivity contribution in [3.05, 3.63) is 60.2 Å². The second kappa shape index (κ2) is 13.2. The minimum atomic E-state index is -2.26. The predicted octanol–water partition coefficient (Wildman–Crippen LogP) is 5.81. The molecule has 0 aliphatic carbocycles. The van der Waals surface area contributed by atoms with Crippen molar-refractivity contribution in [1.82, 2.24) is 0 Å². The van der Waals surface area contributed by atoms with Gasteiger partial charge in [0.05, 0.1) is 19.3 Å². The van der Waals surface area contributed by atoms with E-state index in [1.165, 1.54) is 6.92 Å². The lowest BCUT2D eigenvalue weighted by molar-refractivity contribution is -0.177. The maximum absolute atomic E-state index is 12.0. The van der Waals surface area contributed by atoms with Crippen LogP contribution >= 0.6 is 0 Å². The lowest BCUT2D eigenvalue weighted by Gasteiger charge is -2.46. The van der Waals surface area contributed by atoms with Gasteiger partial charge in [0.2, 0.25) is 0 Å². The van der Waals surface area contributed by atoms with Crippen LogP contribution < -0.4 is 0 Å². The summed E-state index contributed by atoms with van der Waals surface area (Å²) in [7, 11) is -2.26. The van der Waals surface area contributed by atoms with E-state index in [2.05, 4.69) is 47.0 Å². The van der Waals surface area contributed by atoms with Crippen molar-refractivity contribution in [2.24, 2.45) is 5.92 Å². The molecule has 1 aromatic rings. The van der Waals surface area contributed by atoms with Crippen molar-refractivity contribution in [3.63, 3.8) is 0 Å². The highest BCUT2D eigenvalue weighted by Crippen LogP contribution is 2.41. The molecule has 5 atom stereocenters. The minimum absolute atomic E-state index is 0.00394. The Labute approximate surface area is 218 Å². The molecule has 0 saturated carbocycles. The van der Waals surface area contributed by atoms with Crippen LogP contribution in [0.2, 0.25) is 18.1 Å². The van der Waals surface area contributed by atoms with Gasteiger partial charge >= 0.3 is 5.97 Å². The summed E-state index contributed by atoms with van der Waals surface area (Å²) in [6, 6.07) is 9.98. The molecular formula is C29H46O6Si. The third-order valence-corrected chi connectivity index (χ3v) is 11.8. The van der Waals surface area contributed by atoms with Gasteiger partial charge in [0.25, 0.3) is 0 Å². The average molecular weight is 519 g/mol.